The molecule has 3 heterocycles. The van der Waals surface area contributed by atoms with Crippen LogP contribution in [0.4, 0.5) is 11.5 Å². The summed E-state index contributed by atoms with van der Waals surface area (Å²) in [5, 5.41) is 3.28. The molecule has 29 heavy (non-hydrogen) atoms. The summed E-state index contributed by atoms with van der Waals surface area (Å²) in [4.78, 5) is 33.2. The molecule has 1 aromatic carbocycles. The van der Waals surface area contributed by atoms with Crippen LogP contribution in [0.15, 0.2) is 42.6 Å². The van der Waals surface area contributed by atoms with Gasteiger partial charge >= 0.3 is 0 Å². The summed E-state index contributed by atoms with van der Waals surface area (Å²) in [7, 11) is 0. The zero-order valence-corrected chi connectivity index (χ0v) is 16.5. The number of amides is 2. The van der Waals surface area contributed by atoms with Crippen LogP contribution in [0.5, 0.6) is 5.75 Å². The predicted molar refractivity (Wildman–Crippen MR) is 111 cm³/mol. The van der Waals surface area contributed by atoms with Crippen LogP contribution in [0.25, 0.3) is 0 Å². The molecule has 0 spiro atoms. The number of likely N-dealkylation sites (tertiary alicyclic amines) is 1. The minimum Gasteiger partial charge on any atom is -0.482 e. The Bertz CT molecular complexity index is 880. The summed E-state index contributed by atoms with van der Waals surface area (Å²) in [5.74, 6) is 1.34. The molecule has 0 unspecified atom stereocenters. The van der Waals surface area contributed by atoms with Gasteiger partial charge in [0, 0.05) is 32.4 Å². The molecule has 1 N–H and O–H groups in total. The van der Waals surface area contributed by atoms with Crippen LogP contribution >= 0.6 is 0 Å². The Morgan fingerprint density at radius 2 is 1.93 bits per heavy atom. The quantitative estimate of drug-likeness (QED) is 0.763. The molecule has 7 heteroatoms. The number of anilines is 2. The molecule has 2 aromatic rings. The topological polar surface area (TPSA) is 74.8 Å². The largest absolute Gasteiger partial charge is 0.482 e. The second-order valence-electron chi connectivity index (χ2n) is 7.33. The lowest BCUT2D eigenvalue weighted by Crippen LogP contribution is -2.40. The minimum absolute atomic E-state index is 0.0394. The van der Waals surface area contributed by atoms with Crippen molar-refractivity contribution in [2.24, 2.45) is 0 Å². The van der Waals surface area contributed by atoms with Crippen LogP contribution < -0.4 is 15.0 Å². The molecule has 2 amide bonds. The van der Waals surface area contributed by atoms with Gasteiger partial charge in [0.2, 0.25) is 0 Å². The van der Waals surface area contributed by atoms with E-state index in [9.17, 15) is 9.59 Å². The van der Waals surface area contributed by atoms with Gasteiger partial charge in [-0.1, -0.05) is 12.1 Å². The number of carbonyl (C=O) groups is 2. The first-order chi connectivity index (χ1) is 14.2. The van der Waals surface area contributed by atoms with Gasteiger partial charge in [-0.3, -0.25) is 9.59 Å². The Morgan fingerprint density at radius 3 is 2.79 bits per heavy atom. The molecular formula is C22H26N4O3. The number of aromatic nitrogens is 1. The average molecular weight is 394 g/mol. The highest BCUT2D eigenvalue weighted by atomic mass is 16.5. The van der Waals surface area contributed by atoms with Gasteiger partial charge in [-0.25, -0.2) is 4.98 Å². The molecule has 0 bridgehead atoms. The number of pyridine rings is 1. The summed E-state index contributed by atoms with van der Waals surface area (Å²) in [6, 6.07) is 11.2. The molecule has 1 fully saturated rings. The first kappa shape index (κ1) is 19.2. The molecule has 0 radical (unpaired) electrons. The van der Waals surface area contributed by atoms with E-state index >= 15 is 0 Å². The van der Waals surface area contributed by atoms with Crippen LogP contribution in [0.2, 0.25) is 0 Å². The fraction of sp³-hybridized carbons (Fsp3) is 0.409. The number of ether oxygens (including phenoxy) is 1. The highest BCUT2D eigenvalue weighted by Crippen LogP contribution is 2.31. The number of para-hydroxylation sites is 2. The lowest BCUT2D eigenvalue weighted by molar-refractivity contribution is -0.121. The van der Waals surface area contributed by atoms with Gasteiger partial charge < -0.3 is 19.9 Å². The number of nitrogens with one attached hydrogen (secondary N) is 1. The van der Waals surface area contributed by atoms with Crippen LogP contribution in [-0.2, 0) is 4.79 Å². The van der Waals surface area contributed by atoms with Gasteiger partial charge in [-0.05, 0) is 49.9 Å². The maximum atomic E-state index is 12.9. The third-order valence-electron chi connectivity index (χ3n) is 5.34. The normalized spacial score (nSPS) is 16.2. The predicted octanol–water partition coefficient (Wildman–Crippen LogP) is 2.94. The number of piperidine rings is 1. The maximum absolute atomic E-state index is 12.9. The van der Waals surface area contributed by atoms with Crippen LogP contribution in [0.3, 0.4) is 0 Å². The van der Waals surface area contributed by atoms with E-state index in [0.717, 1.165) is 43.8 Å². The van der Waals surface area contributed by atoms with Crippen molar-refractivity contribution < 1.29 is 14.3 Å². The smallest absolute Gasteiger partial charge is 0.265 e. The van der Waals surface area contributed by atoms with Gasteiger partial charge in [-0.15, -0.1) is 0 Å². The van der Waals surface area contributed by atoms with Crippen molar-refractivity contribution in [3.05, 3.63) is 48.2 Å². The fourth-order valence-electron chi connectivity index (χ4n) is 3.83. The van der Waals surface area contributed by atoms with Crippen molar-refractivity contribution in [2.75, 3.05) is 43.0 Å². The fourth-order valence-corrected chi connectivity index (χ4v) is 3.83. The molecule has 2 aliphatic rings. The Labute approximate surface area is 170 Å². The first-order valence-corrected chi connectivity index (χ1v) is 10.2. The third-order valence-corrected chi connectivity index (χ3v) is 5.34. The zero-order chi connectivity index (χ0) is 20.1. The van der Waals surface area contributed by atoms with Crippen molar-refractivity contribution in [2.45, 2.75) is 25.7 Å². The second kappa shape index (κ2) is 8.94. The average Bonchev–Trinajstić information content (AvgIpc) is 2.78. The molecule has 0 aliphatic carbocycles. The molecule has 4 rings (SSSR count). The Morgan fingerprint density at radius 1 is 1.10 bits per heavy atom. The zero-order valence-electron chi connectivity index (χ0n) is 16.5. The summed E-state index contributed by atoms with van der Waals surface area (Å²) < 4.78 is 5.48. The van der Waals surface area contributed by atoms with Crippen molar-refractivity contribution >= 4 is 23.3 Å². The monoisotopic (exact) mass is 394 g/mol. The van der Waals surface area contributed by atoms with Gasteiger partial charge in [-0.2, -0.15) is 0 Å². The molecule has 0 atom stereocenters. The Hall–Kier alpha value is -3.09. The molecule has 2 aliphatic heterocycles. The van der Waals surface area contributed by atoms with E-state index in [1.807, 2.05) is 35.2 Å². The third kappa shape index (κ3) is 4.34. The molecular weight excluding hydrogens is 368 g/mol. The van der Waals surface area contributed by atoms with Crippen molar-refractivity contribution in [1.29, 1.82) is 0 Å². The minimum atomic E-state index is -0.0394. The SMILES string of the molecule is O=C(c1cccnc1NCCCN1C(=O)COc2ccccc21)N1CCCCC1. The molecule has 1 saturated heterocycles. The summed E-state index contributed by atoms with van der Waals surface area (Å²) in [6.07, 6.45) is 5.73. The Kier molecular flexibility index (Phi) is 5.93. The standard InChI is InChI=1S/C22H26N4O3/c27-20-16-29-19-10-3-2-9-18(19)26(20)15-7-12-24-21-17(8-6-11-23-21)22(28)25-13-4-1-5-14-25/h2-3,6,8-11H,1,4-5,7,12-16H2,(H,23,24). The van der Waals surface area contributed by atoms with E-state index in [4.69, 9.17) is 4.74 Å². The number of carbonyl (C=O) groups excluding carboxylic acids is 2. The van der Waals surface area contributed by atoms with E-state index in [1.165, 1.54) is 6.42 Å². The summed E-state index contributed by atoms with van der Waals surface area (Å²) in [6.45, 7) is 2.88. The van der Waals surface area contributed by atoms with Gasteiger partial charge in [0.25, 0.3) is 11.8 Å². The van der Waals surface area contributed by atoms with Crippen LogP contribution in [0, 0.1) is 0 Å². The van der Waals surface area contributed by atoms with Gasteiger partial charge in [0.15, 0.2) is 6.61 Å². The van der Waals surface area contributed by atoms with Crippen molar-refractivity contribution in [3.63, 3.8) is 0 Å². The second-order valence-corrected chi connectivity index (χ2v) is 7.33. The first-order valence-electron chi connectivity index (χ1n) is 10.2. The highest BCUT2D eigenvalue weighted by molar-refractivity contribution is 5.99. The number of fused-ring (bicyclic) bond motifs is 1. The molecule has 1 aromatic heterocycles. The maximum Gasteiger partial charge on any atom is 0.265 e. The van der Waals surface area contributed by atoms with Crippen LogP contribution in [0.1, 0.15) is 36.0 Å². The lowest BCUT2D eigenvalue weighted by atomic mass is 10.1. The van der Waals surface area contributed by atoms with E-state index in [-0.39, 0.29) is 18.4 Å². The van der Waals surface area contributed by atoms with E-state index in [2.05, 4.69) is 10.3 Å². The number of hydrogen-bond acceptors (Lipinski definition) is 5. The molecule has 0 saturated carbocycles. The number of nitrogens with zero attached hydrogens (tertiary/aromatic N) is 3. The number of benzene rings is 1. The summed E-state index contributed by atoms with van der Waals surface area (Å²) in [5.41, 5.74) is 1.42. The van der Waals surface area contributed by atoms with Crippen molar-refractivity contribution in [3.8, 4) is 5.75 Å². The Balaban J connectivity index is 1.36. The lowest BCUT2D eigenvalue weighted by Gasteiger charge is -2.29. The summed E-state index contributed by atoms with van der Waals surface area (Å²) >= 11 is 0. The number of rotatable bonds is 6. The molecule has 152 valence electrons. The van der Waals surface area contributed by atoms with Crippen molar-refractivity contribution in [1.82, 2.24) is 9.88 Å². The van der Waals surface area contributed by atoms with E-state index < -0.39 is 0 Å². The number of hydrogen-bond donors (Lipinski definition) is 1. The van der Waals surface area contributed by atoms with Crippen LogP contribution in [-0.4, -0.2) is 54.5 Å². The molecule has 7 nitrogen and oxygen atoms in total. The van der Waals surface area contributed by atoms with Gasteiger partial charge in [0.1, 0.15) is 11.6 Å². The van der Waals surface area contributed by atoms with Gasteiger partial charge in [0.05, 0.1) is 11.3 Å². The highest BCUT2D eigenvalue weighted by Gasteiger charge is 2.25. The van der Waals surface area contributed by atoms with E-state index in [1.54, 1.807) is 17.2 Å². The van der Waals surface area contributed by atoms with E-state index in [0.29, 0.717) is 24.5 Å².